The highest BCUT2D eigenvalue weighted by Crippen LogP contribution is 2.60. The van der Waals surface area contributed by atoms with Gasteiger partial charge in [0.25, 0.3) is 0 Å². The Morgan fingerprint density at radius 1 is 0.850 bits per heavy atom. The zero-order chi connectivity index (χ0) is 27.5. The first-order valence-corrected chi connectivity index (χ1v) is 18.3. The highest BCUT2D eigenvalue weighted by molar-refractivity contribution is 7.99. The monoisotopic (exact) mass is 564 g/mol. The van der Waals surface area contributed by atoms with Gasteiger partial charge in [0, 0.05) is 22.5 Å². The van der Waals surface area contributed by atoms with Gasteiger partial charge in [-0.15, -0.1) is 11.8 Å². The van der Waals surface area contributed by atoms with Gasteiger partial charge in [0.1, 0.15) is 11.5 Å². The molecule has 222 valence electrons. The van der Waals surface area contributed by atoms with Crippen molar-refractivity contribution < 1.29 is 9.53 Å². The summed E-state index contributed by atoms with van der Waals surface area (Å²) < 4.78 is 5.55. The third-order valence-electron chi connectivity index (χ3n) is 12.2. The third kappa shape index (κ3) is 6.98. The molecular weight excluding hydrogens is 508 g/mol. The summed E-state index contributed by atoms with van der Waals surface area (Å²) in [4.78, 5) is 14.7. The summed E-state index contributed by atoms with van der Waals surface area (Å²) >= 11 is 1.97. The van der Waals surface area contributed by atoms with Gasteiger partial charge >= 0.3 is 0 Å². The maximum Gasteiger partial charge on any atom is 0.139 e. The molecule has 7 rings (SSSR count). The van der Waals surface area contributed by atoms with Crippen molar-refractivity contribution in [1.82, 2.24) is 0 Å². The summed E-state index contributed by atoms with van der Waals surface area (Å²) in [5, 5.41) is 0. The minimum absolute atomic E-state index is 0.133. The number of rotatable bonds is 13. The lowest BCUT2D eigenvalue weighted by Gasteiger charge is -2.56. The fraction of sp³-hybridized carbons (Fsp3) is 0.811. The number of para-hydroxylation sites is 1. The number of ether oxygens (including phenoxy) is 1. The molecule has 0 aliphatic heterocycles. The lowest BCUT2D eigenvalue weighted by Crippen LogP contribution is -2.49. The number of carbonyl (C=O) groups excluding carboxylic acids is 1. The lowest BCUT2D eigenvalue weighted by atomic mass is 9.48. The zero-order valence-corrected chi connectivity index (χ0v) is 26.4. The van der Waals surface area contributed by atoms with Gasteiger partial charge < -0.3 is 4.74 Å². The van der Waals surface area contributed by atoms with E-state index in [-0.39, 0.29) is 5.41 Å². The van der Waals surface area contributed by atoms with E-state index in [4.69, 9.17) is 4.74 Å². The van der Waals surface area contributed by atoms with Crippen molar-refractivity contribution in [1.29, 1.82) is 0 Å². The SMILES string of the molecule is COc1ccccc1SC[C@@H](C)CCC1CC2CC[C@H](CCCCC(=O)C34CC5CC(CC(C5)C3)C4)C[C@H](C1)C2. The van der Waals surface area contributed by atoms with Crippen LogP contribution in [0.2, 0.25) is 0 Å². The molecule has 0 spiro atoms. The molecule has 1 aromatic carbocycles. The summed E-state index contributed by atoms with van der Waals surface area (Å²) in [5.41, 5.74) is 0.133. The molecule has 6 bridgehead atoms. The normalized spacial score (nSPS) is 37.2. The van der Waals surface area contributed by atoms with Crippen LogP contribution in [0.5, 0.6) is 5.75 Å². The fourth-order valence-corrected chi connectivity index (χ4v) is 11.8. The van der Waals surface area contributed by atoms with E-state index < -0.39 is 0 Å². The van der Waals surface area contributed by atoms with Gasteiger partial charge in [-0.2, -0.15) is 0 Å². The molecular formula is C37H56O2S. The third-order valence-corrected chi connectivity index (χ3v) is 13.6. The number of hydrogen-bond donors (Lipinski definition) is 0. The van der Waals surface area contributed by atoms with Crippen LogP contribution < -0.4 is 4.74 Å². The van der Waals surface area contributed by atoms with E-state index >= 15 is 0 Å². The van der Waals surface area contributed by atoms with Crippen LogP contribution in [0.4, 0.5) is 0 Å². The van der Waals surface area contributed by atoms with Crippen LogP contribution in [-0.4, -0.2) is 18.6 Å². The number of thioether (sulfide) groups is 1. The quantitative estimate of drug-likeness (QED) is 0.176. The van der Waals surface area contributed by atoms with Gasteiger partial charge in [-0.25, -0.2) is 0 Å². The Balaban J connectivity index is 0.893. The highest BCUT2D eigenvalue weighted by atomic mass is 32.2. The molecule has 40 heavy (non-hydrogen) atoms. The number of benzene rings is 1. The molecule has 3 heteroatoms. The standard InChI is InChI=1S/C37H56O2S/c1-26(25-40-35-9-5-4-8-34(35)39-2)11-12-28-16-29-14-13-27(15-30(17-28)18-29)7-3-6-10-36(38)37-22-31-19-32(23-37)21-33(20-31)24-37/h4-5,8-9,26-33H,3,6-7,10-25H2,1-2H3/t26-,27-,28?,29?,30+,31?,32?,33?,37?/m0/s1. The molecule has 5 atom stereocenters. The Kier molecular flexibility index (Phi) is 9.56. The van der Waals surface area contributed by atoms with Crippen molar-refractivity contribution in [2.24, 2.45) is 52.8 Å². The maximum absolute atomic E-state index is 13.4. The van der Waals surface area contributed by atoms with Crippen molar-refractivity contribution in [3.63, 3.8) is 0 Å². The van der Waals surface area contributed by atoms with Crippen molar-refractivity contribution >= 4 is 17.5 Å². The van der Waals surface area contributed by atoms with E-state index in [0.717, 1.165) is 59.5 Å². The molecule has 6 aliphatic rings. The van der Waals surface area contributed by atoms with Crippen molar-refractivity contribution in [2.75, 3.05) is 12.9 Å². The molecule has 6 saturated carbocycles. The lowest BCUT2D eigenvalue weighted by molar-refractivity contribution is -0.144. The number of Topliss-reactive ketones (excluding diaryl/α,β-unsaturated/α-hetero) is 1. The molecule has 2 unspecified atom stereocenters. The van der Waals surface area contributed by atoms with Crippen LogP contribution in [0.3, 0.4) is 0 Å². The summed E-state index contributed by atoms with van der Waals surface area (Å²) in [6, 6.07) is 8.45. The number of unbranched alkanes of at least 4 members (excludes halogenated alkanes) is 1. The average molecular weight is 565 g/mol. The van der Waals surface area contributed by atoms with E-state index in [9.17, 15) is 4.79 Å². The number of hydrogen-bond acceptors (Lipinski definition) is 3. The second kappa shape index (κ2) is 13.1. The Morgan fingerprint density at radius 3 is 2.27 bits per heavy atom. The average Bonchev–Trinajstić information content (AvgIpc) is 3.09. The van der Waals surface area contributed by atoms with E-state index in [1.807, 2.05) is 11.8 Å². The zero-order valence-electron chi connectivity index (χ0n) is 25.6. The van der Waals surface area contributed by atoms with Crippen LogP contribution in [0.25, 0.3) is 0 Å². The van der Waals surface area contributed by atoms with E-state index in [2.05, 4.69) is 31.2 Å². The van der Waals surface area contributed by atoms with E-state index in [0.29, 0.717) is 5.78 Å². The topological polar surface area (TPSA) is 26.3 Å². The van der Waals surface area contributed by atoms with Crippen LogP contribution in [0.15, 0.2) is 29.2 Å². The van der Waals surface area contributed by atoms with Gasteiger partial charge in [-0.3, -0.25) is 4.79 Å². The molecule has 6 fully saturated rings. The Hall–Kier alpha value is -0.960. The molecule has 0 radical (unpaired) electrons. The summed E-state index contributed by atoms with van der Waals surface area (Å²) in [6.45, 7) is 2.45. The van der Waals surface area contributed by atoms with Crippen LogP contribution in [0.1, 0.15) is 122 Å². The predicted molar refractivity (Wildman–Crippen MR) is 168 cm³/mol. The Morgan fingerprint density at radius 2 is 1.52 bits per heavy atom. The van der Waals surface area contributed by atoms with Gasteiger partial charge in [-0.1, -0.05) is 51.2 Å². The molecule has 0 saturated heterocycles. The van der Waals surface area contributed by atoms with Crippen molar-refractivity contribution in [3.8, 4) is 5.75 Å². The number of carbonyl (C=O) groups is 1. The van der Waals surface area contributed by atoms with Crippen LogP contribution >= 0.6 is 11.8 Å². The molecule has 0 amide bonds. The second-order valence-electron chi connectivity index (χ2n) is 15.5. The van der Waals surface area contributed by atoms with Crippen LogP contribution in [0, 0.1) is 52.8 Å². The molecule has 1 aromatic rings. The first-order valence-electron chi connectivity index (χ1n) is 17.3. The summed E-state index contributed by atoms with van der Waals surface area (Å²) in [6.07, 6.45) is 24.5. The minimum atomic E-state index is 0.133. The summed E-state index contributed by atoms with van der Waals surface area (Å²) in [5.74, 6) is 10.2. The second-order valence-corrected chi connectivity index (χ2v) is 16.6. The number of ketones is 1. The van der Waals surface area contributed by atoms with Gasteiger partial charge in [0.15, 0.2) is 0 Å². The minimum Gasteiger partial charge on any atom is -0.496 e. The number of methoxy groups -OCH3 is 1. The van der Waals surface area contributed by atoms with Gasteiger partial charge in [0.2, 0.25) is 0 Å². The predicted octanol–water partition coefficient (Wildman–Crippen LogP) is 10.4. The Bertz CT molecular complexity index is 951. The van der Waals surface area contributed by atoms with Crippen molar-refractivity contribution in [2.45, 2.75) is 127 Å². The Labute approximate surface area is 249 Å². The van der Waals surface area contributed by atoms with Gasteiger partial charge in [0.05, 0.1) is 7.11 Å². The molecule has 0 heterocycles. The summed E-state index contributed by atoms with van der Waals surface area (Å²) in [7, 11) is 1.78. The molecule has 0 N–H and O–H groups in total. The fourth-order valence-electron chi connectivity index (χ4n) is 10.7. The molecule has 0 aromatic heterocycles. The molecule has 6 aliphatic carbocycles. The first-order chi connectivity index (χ1) is 19.5. The maximum atomic E-state index is 13.4. The smallest absolute Gasteiger partial charge is 0.139 e. The van der Waals surface area contributed by atoms with Gasteiger partial charge in [-0.05, 0) is 137 Å². The van der Waals surface area contributed by atoms with Crippen LogP contribution in [-0.2, 0) is 4.79 Å². The highest BCUT2D eigenvalue weighted by Gasteiger charge is 2.53. The first kappa shape index (κ1) is 29.1. The van der Waals surface area contributed by atoms with E-state index in [1.54, 1.807) is 7.11 Å². The van der Waals surface area contributed by atoms with Crippen molar-refractivity contribution in [3.05, 3.63) is 24.3 Å². The molecule has 2 nitrogen and oxygen atoms in total. The van der Waals surface area contributed by atoms with E-state index in [1.165, 1.54) is 120 Å². The number of fused-ring (bicyclic) bond motifs is 2. The largest absolute Gasteiger partial charge is 0.496 e.